The van der Waals surface area contributed by atoms with Gasteiger partial charge >= 0.3 is 5.97 Å². The highest BCUT2D eigenvalue weighted by Gasteiger charge is 2.32. The first kappa shape index (κ1) is 16.4. The van der Waals surface area contributed by atoms with E-state index in [-0.39, 0.29) is 18.4 Å². The van der Waals surface area contributed by atoms with Crippen LogP contribution in [-0.2, 0) is 9.53 Å². The molecule has 0 aromatic carbocycles. The number of aliphatic hydroxyl groups is 3. The minimum atomic E-state index is -1.23. The van der Waals surface area contributed by atoms with Gasteiger partial charge in [-0.25, -0.2) is 0 Å². The minimum Gasteiger partial charge on any atom is -0.465 e. The summed E-state index contributed by atoms with van der Waals surface area (Å²) in [6.45, 7) is 6.68. The van der Waals surface area contributed by atoms with Crippen molar-refractivity contribution < 1.29 is 24.9 Å². The van der Waals surface area contributed by atoms with Crippen molar-refractivity contribution >= 4 is 5.97 Å². The minimum absolute atomic E-state index is 0.0505. The molecule has 5 heteroatoms. The molecule has 0 rings (SSSR count). The Balaban J connectivity index is 4.40. The van der Waals surface area contributed by atoms with Crippen molar-refractivity contribution in [1.82, 2.24) is 0 Å². The van der Waals surface area contributed by atoms with Crippen molar-refractivity contribution in [2.75, 3.05) is 6.61 Å². The first-order valence-corrected chi connectivity index (χ1v) is 5.98. The van der Waals surface area contributed by atoms with Gasteiger partial charge in [-0.15, -0.1) is 0 Å². The topological polar surface area (TPSA) is 87.0 Å². The number of hydrogen-bond acceptors (Lipinski definition) is 5. The molecule has 0 fully saturated rings. The van der Waals surface area contributed by atoms with Gasteiger partial charge in [-0.1, -0.05) is 20.8 Å². The zero-order chi connectivity index (χ0) is 13.6. The molecule has 0 unspecified atom stereocenters. The lowest BCUT2D eigenvalue weighted by Crippen LogP contribution is -2.45. The Labute approximate surface area is 102 Å². The van der Waals surface area contributed by atoms with Crippen molar-refractivity contribution in [3.05, 3.63) is 0 Å². The van der Waals surface area contributed by atoms with Crippen molar-refractivity contribution in [2.24, 2.45) is 11.8 Å². The van der Waals surface area contributed by atoms with Crippen LogP contribution >= 0.6 is 0 Å². The van der Waals surface area contributed by atoms with E-state index in [1.54, 1.807) is 13.8 Å². The number of rotatable bonds is 7. The highest BCUT2D eigenvalue weighted by Crippen LogP contribution is 2.18. The largest absolute Gasteiger partial charge is 0.465 e. The number of hydrogen-bond donors (Lipinski definition) is 3. The molecule has 0 aliphatic heterocycles. The van der Waals surface area contributed by atoms with Gasteiger partial charge < -0.3 is 20.1 Å². The van der Waals surface area contributed by atoms with Crippen LogP contribution in [0.1, 0.15) is 34.1 Å². The molecular formula is C12H24O5. The predicted molar refractivity (Wildman–Crippen MR) is 63.3 cm³/mol. The van der Waals surface area contributed by atoms with E-state index in [1.807, 2.05) is 6.92 Å². The molecule has 3 N–H and O–H groups in total. The van der Waals surface area contributed by atoms with Crippen molar-refractivity contribution in [3.8, 4) is 0 Å². The Kier molecular flexibility index (Phi) is 7.34. The molecule has 5 nitrogen and oxygen atoms in total. The third-order valence-corrected chi connectivity index (χ3v) is 2.89. The lowest BCUT2D eigenvalue weighted by atomic mass is 9.89. The zero-order valence-corrected chi connectivity index (χ0v) is 11.0. The molecule has 0 heterocycles. The molecule has 0 saturated carbocycles. The summed E-state index contributed by atoms with van der Waals surface area (Å²) in [5, 5.41) is 29.4. The smallest absolute Gasteiger partial charge is 0.302 e. The Morgan fingerprint density at radius 2 is 1.65 bits per heavy atom. The fraction of sp³-hybridized carbons (Fsp3) is 0.917. The molecule has 0 spiro atoms. The highest BCUT2D eigenvalue weighted by molar-refractivity contribution is 5.65. The third-order valence-electron chi connectivity index (χ3n) is 2.89. The maximum Gasteiger partial charge on any atom is 0.302 e. The van der Waals surface area contributed by atoms with Crippen LogP contribution in [0.3, 0.4) is 0 Å². The number of aliphatic hydroxyl groups excluding tert-OH is 3. The summed E-state index contributed by atoms with van der Waals surface area (Å²) in [7, 11) is 0. The second kappa shape index (κ2) is 7.63. The van der Waals surface area contributed by atoms with Crippen molar-refractivity contribution in [2.45, 2.75) is 52.4 Å². The van der Waals surface area contributed by atoms with Crippen LogP contribution in [0.4, 0.5) is 0 Å². The van der Waals surface area contributed by atoms with Gasteiger partial charge in [0.25, 0.3) is 0 Å². The standard InChI is InChI=1S/C12H24O5/c1-5-9(6-17-8(4)13)11(15)12(16)10(14)7(2)3/h7,9-12,14-16H,5-6H2,1-4H3/t9-,10-,11-,12+/m1/s1. The highest BCUT2D eigenvalue weighted by atomic mass is 16.5. The molecule has 0 saturated heterocycles. The van der Waals surface area contributed by atoms with Gasteiger partial charge in [0.05, 0.1) is 18.8 Å². The summed E-state index contributed by atoms with van der Waals surface area (Å²) < 4.78 is 4.81. The van der Waals surface area contributed by atoms with E-state index in [0.717, 1.165) is 0 Å². The Morgan fingerprint density at radius 3 is 2.00 bits per heavy atom. The molecule has 0 aliphatic carbocycles. The van der Waals surface area contributed by atoms with E-state index in [0.29, 0.717) is 6.42 Å². The maximum absolute atomic E-state index is 10.7. The quantitative estimate of drug-likeness (QED) is 0.565. The molecule has 17 heavy (non-hydrogen) atoms. The van der Waals surface area contributed by atoms with Gasteiger partial charge in [0, 0.05) is 12.8 Å². The fourth-order valence-corrected chi connectivity index (χ4v) is 1.56. The molecule has 0 aromatic heterocycles. The maximum atomic E-state index is 10.7. The summed E-state index contributed by atoms with van der Waals surface area (Å²) in [6, 6.07) is 0. The lowest BCUT2D eigenvalue weighted by molar-refractivity contribution is -0.147. The van der Waals surface area contributed by atoms with E-state index >= 15 is 0 Å². The second-order valence-electron chi connectivity index (χ2n) is 4.69. The van der Waals surface area contributed by atoms with Crippen LogP contribution in [0.25, 0.3) is 0 Å². The van der Waals surface area contributed by atoms with Gasteiger partial charge in [-0.3, -0.25) is 4.79 Å². The summed E-state index contributed by atoms with van der Waals surface area (Å²) in [4.78, 5) is 10.7. The Bertz CT molecular complexity index is 229. The van der Waals surface area contributed by atoms with Gasteiger partial charge in [0.15, 0.2) is 0 Å². The Morgan fingerprint density at radius 1 is 1.12 bits per heavy atom. The molecule has 0 radical (unpaired) electrons. The number of carbonyl (C=O) groups is 1. The van der Waals surface area contributed by atoms with Crippen LogP contribution in [0.2, 0.25) is 0 Å². The van der Waals surface area contributed by atoms with Gasteiger partial charge in [0.1, 0.15) is 6.10 Å². The molecular weight excluding hydrogens is 224 g/mol. The Hall–Kier alpha value is -0.650. The normalized spacial score (nSPS) is 18.6. The molecule has 4 atom stereocenters. The average molecular weight is 248 g/mol. The SMILES string of the molecule is CC[C@H](COC(C)=O)[C@@H](O)[C@@H](O)[C@H](O)C(C)C. The van der Waals surface area contributed by atoms with Crippen molar-refractivity contribution in [1.29, 1.82) is 0 Å². The summed E-state index contributed by atoms with van der Waals surface area (Å²) in [6.07, 6.45) is -2.76. The lowest BCUT2D eigenvalue weighted by Gasteiger charge is -2.30. The zero-order valence-electron chi connectivity index (χ0n) is 11.0. The molecule has 0 bridgehead atoms. The monoisotopic (exact) mass is 248 g/mol. The fourth-order valence-electron chi connectivity index (χ4n) is 1.56. The summed E-state index contributed by atoms with van der Waals surface area (Å²) >= 11 is 0. The van der Waals surface area contributed by atoms with Crippen LogP contribution in [-0.4, -0.2) is 46.2 Å². The van der Waals surface area contributed by atoms with E-state index in [9.17, 15) is 20.1 Å². The first-order chi connectivity index (χ1) is 7.81. The molecule has 0 aromatic rings. The summed E-state index contributed by atoms with van der Waals surface area (Å²) in [5.74, 6) is -0.942. The van der Waals surface area contributed by atoms with Crippen LogP contribution in [0.5, 0.6) is 0 Å². The summed E-state index contributed by atoms with van der Waals surface area (Å²) in [5.41, 5.74) is 0. The van der Waals surface area contributed by atoms with Crippen LogP contribution < -0.4 is 0 Å². The molecule has 0 aliphatic rings. The number of ether oxygens (including phenoxy) is 1. The third kappa shape index (κ3) is 5.48. The van der Waals surface area contributed by atoms with Gasteiger partial charge in [0.2, 0.25) is 0 Å². The number of esters is 1. The van der Waals surface area contributed by atoms with E-state index in [4.69, 9.17) is 4.74 Å². The molecule has 0 amide bonds. The average Bonchev–Trinajstić information content (AvgIpc) is 2.26. The van der Waals surface area contributed by atoms with E-state index in [1.165, 1.54) is 6.92 Å². The van der Waals surface area contributed by atoms with E-state index in [2.05, 4.69) is 0 Å². The van der Waals surface area contributed by atoms with Crippen LogP contribution in [0, 0.1) is 11.8 Å². The van der Waals surface area contributed by atoms with Gasteiger partial charge in [-0.05, 0) is 12.3 Å². The second-order valence-corrected chi connectivity index (χ2v) is 4.69. The molecule has 102 valence electrons. The van der Waals surface area contributed by atoms with E-state index < -0.39 is 24.3 Å². The van der Waals surface area contributed by atoms with Crippen molar-refractivity contribution in [3.63, 3.8) is 0 Å². The predicted octanol–water partition coefficient (Wildman–Crippen LogP) is 0.314. The number of carbonyl (C=O) groups excluding carboxylic acids is 1. The first-order valence-electron chi connectivity index (χ1n) is 5.98. The van der Waals surface area contributed by atoms with Crippen LogP contribution in [0.15, 0.2) is 0 Å². The van der Waals surface area contributed by atoms with Gasteiger partial charge in [-0.2, -0.15) is 0 Å².